The highest BCUT2D eigenvalue weighted by Crippen LogP contribution is 2.23. The molecule has 1 aromatic rings. The number of carbonyl (C=O) groups is 1. The van der Waals surface area contributed by atoms with Crippen molar-refractivity contribution < 1.29 is 22.7 Å². The molecule has 0 saturated carbocycles. The van der Waals surface area contributed by atoms with E-state index < -0.39 is 15.0 Å². The second-order valence-corrected chi connectivity index (χ2v) is 7.77. The number of carbonyl (C=O) groups excluding carboxylic acids is 1. The maximum Gasteiger partial charge on any atom is 0.360 e. The highest BCUT2D eigenvalue weighted by atomic mass is 35.7. The number of rotatable bonds is 6. The Morgan fingerprint density at radius 3 is 2.43 bits per heavy atom. The summed E-state index contributed by atoms with van der Waals surface area (Å²) in [5, 5.41) is 6.16. The maximum atomic E-state index is 11.9. The molecule has 1 aromatic heterocycles. The van der Waals surface area contributed by atoms with Crippen LogP contribution in [0, 0.1) is 0 Å². The van der Waals surface area contributed by atoms with Gasteiger partial charge in [-0.05, 0) is 27.2 Å². The molecular formula is C12H19ClN2O5S. The SMILES string of the molecule is CCc1[nH]nc(C(=O)OCCOC(C)(C)C)c1S(=O)(=O)Cl. The molecule has 1 rings (SSSR count). The molecule has 0 fully saturated rings. The van der Waals surface area contributed by atoms with E-state index in [-0.39, 0.29) is 35.1 Å². The summed E-state index contributed by atoms with van der Waals surface area (Å²) in [7, 11) is 1.25. The fourth-order valence-corrected chi connectivity index (χ4v) is 2.90. The molecule has 21 heavy (non-hydrogen) atoms. The Hall–Kier alpha value is -1.12. The van der Waals surface area contributed by atoms with Gasteiger partial charge in [-0.2, -0.15) is 5.10 Å². The summed E-state index contributed by atoms with van der Waals surface area (Å²) >= 11 is 0. The van der Waals surface area contributed by atoms with Crippen LogP contribution in [0.4, 0.5) is 0 Å². The number of aromatic nitrogens is 2. The molecule has 0 aliphatic heterocycles. The van der Waals surface area contributed by atoms with E-state index in [1.165, 1.54) is 0 Å². The Morgan fingerprint density at radius 2 is 1.95 bits per heavy atom. The maximum absolute atomic E-state index is 11.9. The van der Waals surface area contributed by atoms with Crippen molar-refractivity contribution in [3.63, 3.8) is 0 Å². The van der Waals surface area contributed by atoms with Crippen LogP contribution in [0.3, 0.4) is 0 Å². The third kappa shape index (κ3) is 5.29. The lowest BCUT2D eigenvalue weighted by Crippen LogP contribution is -2.23. The minimum absolute atomic E-state index is 0.00774. The predicted molar refractivity (Wildman–Crippen MR) is 77.0 cm³/mol. The van der Waals surface area contributed by atoms with Gasteiger partial charge >= 0.3 is 5.97 Å². The van der Waals surface area contributed by atoms with Gasteiger partial charge in [0, 0.05) is 10.7 Å². The van der Waals surface area contributed by atoms with E-state index in [4.69, 9.17) is 20.2 Å². The van der Waals surface area contributed by atoms with Gasteiger partial charge < -0.3 is 9.47 Å². The molecule has 0 saturated heterocycles. The Balaban J connectivity index is 2.78. The number of nitrogens with zero attached hydrogens (tertiary/aromatic N) is 1. The van der Waals surface area contributed by atoms with Crippen molar-refractivity contribution in [3.8, 4) is 0 Å². The molecule has 0 aliphatic carbocycles. The number of H-pyrrole nitrogens is 1. The zero-order valence-corrected chi connectivity index (χ0v) is 14.0. The van der Waals surface area contributed by atoms with Gasteiger partial charge in [-0.25, -0.2) is 13.2 Å². The number of hydrogen-bond donors (Lipinski definition) is 1. The second-order valence-electron chi connectivity index (χ2n) is 5.27. The van der Waals surface area contributed by atoms with Crippen LogP contribution in [0.5, 0.6) is 0 Å². The topological polar surface area (TPSA) is 98.3 Å². The van der Waals surface area contributed by atoms with Gasteiger partial charge in [-0.3, -0.25) is 5.10 Å². The molecule has 120 valence electrons. The predicted octanol–water partition coefficient (Wildman–Crippen LogP) is 1.87. The van der Waals surface area contributed by atoms with Crippen LogP contribution in [0.25, 0.3) is 0 Å². The van der Waals surface area contributed by atoms with E-state index in [0.717, 1.165) is 0 Å². The van der Waals surface area contributed by atoms with Crippen molar-refractivity contribution in [2.24, 2.45) is 0 Å². The first kappa shape index (κ1) is 17.9. The van der Waals surface area contributed by atoms with E-state index in [2.05, 4.69) is 10.2 Å². The molecule has 0 bridgehead atoms. The summed E-state index contributed by atoms with van der Waals surface area (Å²) in [6, 6.07) is 0. The number of halogens is 1. The number of esters is 1. The van der Waals surface area contributed by atoms with Crippen LogP contribution in [-0.2, 0) is 24.9 Å². The molecule has 0 spiro atoms. The Kier molecular flexibility index (Phi) is 5.77. The third-order valence-electron chi connectivity index (χ3n) is 2.43. The number of aryl methyl sites for hydroxylation is 1. The van der Waals surface area contributed by atoms with Gasteiger partial charge in [0.1, 0.15) is 11.5 Å². The highest BCUT2D eigenvalue weighted by molar-refractivity contribution is 8.13. The summed E-state index contributed by atoms with van der Waals surface area (Å²) in [6.07, 6.45) is 0.342. The first-order chi connectivity index (χ1) is 9.56. The van der Waals surface area contributed by atoms with Crippen LogP contribution in [0.2, 0.25) is 0 Å². The molecule has 1 heterocycles. The number of ether oxygens (including phenoxy) is 2. The quantitative estimate of drug-likeness (QED) is 0.483. The molecule has 0 radical (unpaired) electrons. The van der Waals surface area contributed by atoms with E-state index >= 15 is 0 Å². The smallest absolute Gasteiger partial charge is 0.360 e. The molecule has 0 amide bonds. The van der Waals surface area contributed by atoms with Crippen LogP contribution in [-0.4, -0.2) is 43.4 Å². The Bertz CT molecular complexity index is 604. The van der Waals surface area contributed by atoms with Crippen molar-refractivity contribution in [3.05, 3.63) is 11.4 Å². The lowest BCUT2D eigenvalue weighted by molar-refractivity contribution is -0.0284. The normalized spacial score (nSPS) is 12.4. The van der Waals surface area contributed by atoms with E-state index in [9.17, 15) is 13.2 Å². The fraction of sp³-hybridized carbons (Fsp3) is 0.667. The Morgan fingerprint density at radius 1 is 1.33 bits per heavy atom. The van der Waals surface area contributed by atoms with Crippen LogP contribution in [0.1, 0.15) is 43.9 Å². The molecule has 1 N–H and O–H groups in total. The van der Waals surface area contributed by atoms with Crippen molar-refractivity contribution in [1.29, 1.82) is 0 Å². The summed E-state index contributed by atoms with van der Waals surface area (Å²) < 4.78 is 33.4. The van der Waals surface area contributed by atoms with Gasteiger partial charge in [-0.15, -0.1) is 0 Å². The van der Waals surface area contributed by atoms with Crippen LogP contribution in [0.15, 0.2) is 4.90 Å². The van der Waals surface area contributed by atoms with Gasteiger partial charge in [0.15, 0.2) is 5.69 Å². The van der Waals surface area contributed by atoms with E-state index in [1.807, 2.05) is 20.8 Å². The monoisotopic (exact) mass is 338 g/mol. The number of nitrogens with one attached hydrogen (secondary N) is 1. The largest absolute Gasteiger partial charge is 0.458 e. The molecular weight excluding hydrogens is 320 g/mol. The minimum atomic E-state index is -4.09. The van der Waals surface area contributed by atoms with Gasteiger partial charge in [-0.1, -0.05) is 6.92 Å². The lowest BCUT2D eigenvalue weighted by atomic mass is 10.2. The average Bonchev–Trinajstić information content (AvgIpc) is 2.76. The summed E-state index contributed by atoms with van der Waals surface area (Å²) in [5.74, 6) is -0.859. The summed E-state index contributed by atoms with van der Waals surface area (Å²) in [4.78, 5) is 11.6. The minimum Gasteiger partial charge on any atom is -0.458 e. The highest BCUT2D eigenvalue weighted by Gasteiger charge is 2.28. The molecule has 0 aromatic carbocycles. The standard InChI is InChI=1S/C12H19ClN2O5S/c1-5-8-10(21(13,17)18)9(15-14-8)11(16)19-6-7-20-12(2,3)4/h5-7H2,1-4H3,(H,14,15). The second kappa shape index (κ2) is 6.76. The van der Waals surface area contributed by atoms with E-state index in [0.29, 0.717) is 6.42 Å². The average molecular weight is 339 g/mol. The molecule has 0 unspecified atom stereocenters. The summed E-state index contributed by atoms with van der Waals surface area (Å²) in [6.45, 7) is 7.51. The molecule has 9 heteroatoms. The molecule has 0 aliphatic rings. The van der Waals surface area contributed by atoms with Crippen molar-refractivity contribution in [1.82, 2.24) is 10.2 Å². The van der Waals surface area contributed by atoms with Gasteiger partial charge in [0.25, 0.3) is 9.05 Å². The number of hydrogen-bond acceptors (Lipinski definition) is 6. The van der Waals surface area contributed by atoms with Crippen molar-refractivity contribution in [2.45, 2.75) is 44.6 Å². The fourth-order valence-electron chi connectivity index (χ4n) is 1.56. The zero-order chi connectivity index (χ0) is 16.3. The third-order valence-corrected chi connectivity index (χ3v) is 3.82. The van der Waals surface area contributed by atoms with E-state index in [1.54, 1.807) is 6.92 Å². The first-order valence-electron chi connectivity index (χ1n) is 6.39. The lowest BCUT2D eigenvalue weighted by Gasteiger charge is -2.19. The molecule has 7 nitrogen and oxygen atoms in total. The van der Waals surface area contributed by atoms with Crippen LogP contribution < -0.4 is 0 Å². The number of aromatic amines is 1. The van der Waals surface area contributed by atoms with Crippen LogP contribution >= 0.6 is 10.7 Å². The first-order valence-corrected chi connectivity index (χ1v) is 8.70. The van der Waals surface area contributed by atoms with Gasteiger partial charge in [0.05, 0.1) is 17.9 Å². The van der Waals surface area contributed by atoms with Crippen molar-refractivity contribution >= 4 is 25.7 Å². The van der Waals surface area contributed by atoms with Gasteiger partial charge in [0.2, 0.25) is 0 Å². The zero-order valence-electron chi connectivity index (χ0n) is 12.4. The van der Waals surface area contributed by atoms with Crippen molar-refractivity contribution in [2.75, 3.05) is 13.2 Å². The summed E-state index contributed by atoms with van der Waals surface area (Å²) in [5.41, 5.74) is -0.417. The molecule has 0 atom stereocenters. The Labute approximate surface area is 128 Å².